The van der Waals surface area contributed by atoms with Crippen LogP contribution < -0.4 is 9.46 Å². The Bertz CT molecular complexity index is 550. The van der Waals surface area contributed by atoms with E-state index in [-0.39, 0.29) is 5.92 Å². The van der Waals surface area contributed by atoms with Gasteiger partial charge in [0.1, 0.15) is 5.75 Å². The van der Waals surface area contributed by atoms with Crippen molar-refractivity contribution in [1.29, 1.82) is 0 Å². The van der Waals surface area contributed by atoms with Crippen LogP contribution in [0.1, 0.15) is 50.7 Å². The minimum absolute atomic E-state index is 0.204. The van der Waals surface area contributed by atoms with E-state index in [4.69, 9.17) is 4.74 Å². The van der Waals surface area contributed by atoms with Crippen molar-refractivity contribution in [1.82, 2.24) is 4.72 Å². The SMILES string of the molecule is CCCCNS(=O)(=O)c1cc(C(C)C)c(OC)cc1C. The highest BCUT2D eigenvalue weighted by molar-refractivity contribution is 7.89. The van der Waals surface area contributed by atoms with Gasteiger partial charge < -0.3 is 4.74 Å². The molecule has 114 valence electrons. The third-order valence-electron chi connectivity index (χ3n) is 3.26. The summed E-state index contributed by atoms with van der Waals surface area (Å²) in [6.45, 7) is 8.34. The van der Waals surface area contributed by atoms with E-state index in [2.05, 4.69) is 4.72 Å². The van der Waals surface area contributed by atoms with Gasteiger partial charge in [0.05, 0.1) is 12.0 Å². The van der Waals surface area contributed by atoms with E-state index in [9.17, 15) is 8.42 Å². The molecule has 0 unspecified atom stereocenters. The molecule has 0 aliphatic carbocycles. The van der Waals surface area contributed by atoms with Gasteiger partial charge in [-0.15, -0.1) is 0 Å². The van der Waals surface area contributed by atoms with Crippen LogP contribution in [0.3, 0.4) is 0 Å². The van der Waals surface area contributed by atoms with E-state index >= 15 is 0 Å². The molecule has 0 bridgehead atoms. The Hall–Kier alpha value is -1.07. The van der Waals surface area contributed by atoms with Gasteiger partial charge in [-0.3, -0.25) is 0 Å². The molecule has 1 aromatic carbocycles. The first kappa shape index (κ1) is 17.0. The number of unbranched alkanes of at least 4 members (excludes halogenated alkanes) is 1. The molecular weight excluding hydrogens is 274 g/mol. The normalized spacial score (nSPS) is 11.9. The van der Waals surface area contributed by atoms with E-state index in [1.807, 2.05) is 20.8 Å². The number of aryl methyl sites for hydroxylation is 1. The summed E-state index contributed by atoms with van der Waals surface area (Å²) in [5.41, 5.74) is 1.62. The summed E-state index contributed by atoms with van der Waals surface area (Å²) in [4.78, 5) is 0.345. The van der Waals surface area contributed by atoms with Crippen LogP contribution in [0.15, 0.2) is 17.0 Å². The minimum Gasteiger partial charge on any atom is -0.496 e. The predicted octanol–water partition coefficient (Wildman–Crippen LogP) is 3.21. The molecule has 0 atom stereocenters. The highest BCUT2D eigenvalue weighted by Crippen LogP contribution is 2.31. The number of hydrogen-bond donors (Lipinski definition) is 1. The fourth-order valence-electron chi connectivity index (χ4n) is 2.06. The number of sulfonamides is 1. The van der Waals surface area contributed by atoms with Crippen molar-refractivity contribution in [2.45, 2.75) is 51.3 Å². The van der Waals surface area contributed by atoms with Crippen LogP contribution in [0.4, 0.5) is 0 Å². The number of ether oxygens (including phenoxy) is 1. The van der Waals surface area contributed by atoms with Gasteiger partial charge in [0.15, 0.2) is 0 Å². The van der Waals surface area contributed by atoms with Crippen molar-refractivity contribution in [3.05, 3.63) is 23.3 Å². The van der Waals surface area contributed by atoms with Crippen LogP contribution in [0.5, 0.6) is 5.75 Å². The maximum Gasteiger partial charge on any atom is 0.240 e. The number of methoxy groups -OCH3 is 1. The molecule has 0 radical (unpaired) electrons. The van der Waals surface area contributed by atoms with E-state index in [0.717, 1.165) is 24.2 Å². The third kappa shape index (κ3) is 3.96. The van der Waals surface area contributed by atoms with Gasteiger partial charge in [-0.1, -0.05) is 27.2 Å². The zero-order valence-corrected chi connectivity index (χ0v) is 13.8. The molecular formula is C15H25NO3S. The average Bonchev–Trinajstić information content (AvgIpc) is 2.37. The maximum atomic E-state index is 12.4. The molecule has 0 fully saturated rings. The molecule has 20 heavy (non-hydrogen) atoms. The number of nitrogens with one attached hydrogen (secondary N) is 1. The van der Waals surface area contributed by atoms with Crippen molar-refractivity contribution >= 4 is 10.0 Å². The largest absolute Gasteiger partial charge is 0.496 e. The van der Waals surface area contributed by atoms with Crippen LogP contribution in [0.25, 0.3) is 0 Å². The molecule has 0 aromatic heterocycles. The van der Waals surface area contributed by atoms with E-state index in [1.54, 1.807) is 26.2 Å². The Labute approximate surface area is 122 Å². The molecule has 0 spiro atoms. The summed E-state index contributed by atoms with van der Waals surface area (Å²) < 4.78 is 32.7. The summed E-state index contributed by atoms with van der Waals surface area (Å²) in [6, 6.07) is 3.52. The van der Waals surface area contributed by atoms with Gasteiger partial charge in [-0.2, -0.15) is 0 Å². The topological polar surface area (TPSA) is 55.4 Å². The monoisotopic (exact) mass is 299 g/mol. The lowest BCUT2D eigenvalue weighted by Gasteiger charge is -2.16. The first-order valence-electron chi connectivity index (χ1n) is 7.01. The predicted molar refractivity (Wildman–Crippen MR) is 81.9 cm³/mol. The second-order valence-electron chi connectivity index (χ2n) is 5.27. The smallest absolute Gasteiger partial charge is 0.240 e. The first-order chi connectivity index (χ1) is 9.33. The van der Waals surface area contributed by atoms with Crippen molar-refractivity contribution in [3.8, 4) is 5.75 Å². The molecule has 1 N–H and O–H groups in total. The lowest BCUT2D eigenvalue weighted by molar-refractivity contribution is 0.406. The zero-order chi connectivity index (χ0) is 15.3. The Morgan fingerprint density at radius 3 is 2.45 bits per heavy atom. The number of benzene rings is 1. The van der Waals surface area contributed by atoms with Crippen molar-refractivity contribution in [2.75, 3.05) is 13.7 Å². The van der Waals surface area contributed by atoms with E-state index in [0.29, 0.717) is 17.0 Å². The standard InChI is InChI=1S/C15H25NO3S/c1-6-7-8-16-20(17,18)15-10-13(11(2)3)14(19-5)9-12(15)4/h9-11,16H,6-8H2,1-5H3. The van der Waals surface area contributed by atoms with E-state index < -0.39 is 10.0 Å². The van der Waals surface area contributed by atoms with Crippen LogP contribution >= 0.6 is 0 Å². The summed E-state index contributed by atoms with van der Waals surface area (Å²) in [7, 11) is -1.84. The van der Waals surface area contributed by atoms with Gasteiger partial charge in [0.2, 0.25) is 10.0 Å². The fourth-order valence-corrected chi connectivity index (χ4v) is 3.39. The molecule has 4 nitrogen and oxygen atoms in total. The molecule has 0 saturated carbocycles. The van der Waals surface area contributed by atoms with Gasteiger partial charge >= 0.3 is 0 Å². The van der Waals surface area contributed by atoms with Crippen LogP contribution in [-0.2, 0) is 10.0 Å². The Balaban J connectivity index is 3.21. The highest BCUT2D eigenvalue weighted by atomic mass is 32.2. The Kier molecular flexibility index (Phi) is 6.02. The van der Waals surface area contributed by atoms with Crippen molar-refractivity contribution in [2.24, 2.45) is 0 Å². The molecule has 0 heterocycles. The van der Waals surface area contributed by atoms with Crippen LogP contribution in [0, 0.1) is 6.92 Å². The molecule has 0 saturated heterocycles. The molecule has 1 aromatic rings. The summed E-state index contributed by atoms with van der Waals surface area (Å²) in [5.74, 6) is 0.945. The van der Waals surface area contributed by atoms with Crippen molar-refractivity contribution in [3.63, 3.8) is 0 Å². The molecule has 5 heteroatoms. The number of rotatable bonds is 7. The Morgan fingerprint density at radius 1 is 1.30 bits per heavy atom. The third-order valence-corrected chi connectivity index (χ3v) is 4.86. The molecule has 0 amide bonds. The zero-order valence-electron chi connectivity index (χ0n) is 13.0. The quantitative estimate of drug-likeness (QED) is 0.787. The fraction of sp³-hybridized carbons (Fsp3) is 0.600. The minimum atomic E-state index is -3.45. The van der Waals surface area contributed by atoms with Gasteiger partial charge in [0.25, 0.3) is 0 Å². The van der Waals surface area contributed by atoms with Gasteiger partial charge in [-0.05, 0) is 42.5 Å². The van der Waals surface area contributed by atoms with Crippen LogP contribution in [0.2, 0.25) is 0 Å². The second-order valence-corrected chi connectivity index (χ2v) is 7.00. The molecule has 1 rings (SSSR count). The first-order valence-corrected chi connectivity index (χ1v) is 8.50. The lowest BCUT2D eigenvalue weighted by Crippen LogP contribution is -2.25. The maximum absolute atomic E-state index is 12.4. The molecule has 0 aliphatic heterocycles. The van der Waals surface area contributed by atoms with Crippen LogP contribution in [-0.4, -0.2) is 22.1 Å². The van der Waals surface area contributed by atoms with Gasteiger partial charge in [-0.25, -0.2) is 13.1 Å². The Morgan fingerprint density at radius 2 is 1.95 bits per heavy atom. The average molecular weight is 299 g/mol. The lowest BCUT2D eigenvalue weighted by atomic mass is 10.0. The van der Waals surface area contributed by atoms with E-state index in [1.165, 1.54) is 0 Å². The summed E-state index contributed by atoms with van der Waals surface area (Å²) >= 11 is 0. The summed E-state index contributed by atoms with van der Waals surface area (Å²) in [6.07, 6.45) is 1.80. The highest BCUT2D eigenvalue weighted by Gasteiger charge is 2.20. The van der Waals surface area contributed by atoms with Crippen molar-refractivity contribution < 1.29 is 13.2 Å². The van der Waals surface area contributed by atoms with Gasteiger partial charge in [0, 0.05) is 6.54 Å². The molecule has 0 aliphatic rings. The number of hydrogen-bond acceptors (Lipinski definition) is 3. The second kappa shape index (κ2) is 7.09. The summed E-state index contributed by atoms with van der Waals surface area (Å²) in [5, 5.41) is 0.